The van der Waals surface area contributed by atoms with Gasteiger partial charge in [-0.3, -0.25) is 0 Å². The van der Waals surface area contributed by atoms with Gasteiger partial charge in [0.1, 0.15) is 0 Å². The number of benzene rings is 1. The van der Waals surface area contributed by atoms with Gasteiger partial charge in [0, 0.05) is 6.92 Å². The highest BCUT2D eigenvalue weighted by Gasteiger charge is 1.96. The van der Waals surface area contributed by atoms with Crippen LogP contribution in [0.3, 0.4) is 0 Å². The predicted molar refractivity (Wildman–Crippen MR) is 56.5 cm³/mol. The molecule has 0 unspecified atom stereocenters. The zero-order valence-corrected chi connectivity index (χ0v) is 8.78. The first-order chi connectivity index (χ1) is 6.65. The van der Waals surface area contributed by atoms with Crippen LogP contribution in [0.2, 0.25) is 0 Å². The summed E-state index contributed by atoms with van der Waals surface area (Å²) in [5, 5.41) is 15.8. The maximum atomic E-state index is 8.52. The fraction of sp³-hybridized carbons (Fsp3) is 0.333. The van der Waals surface area contributed by atoms with Crippen LogP contribution in [0.4, 0.5) is 0 Å². The molecule has 0 atom stereocenters. The summed E-state index contributed by atoms with van der Waals surface area (Å²) in [7, 11) is 0. The van der Waals surface area contributed by atoms with Crippen LogP contribution < -0.4 is 0 Å². The topological polar surface area (TPSA) is 47.6 Å². The van der Waals surface area contributed by atoms with Crippen LogP contribution in [0.15, 0.2) is 24.3 Å². The molecule has 1 rings (SSSR count). The van der Waals surface area contributed by atoms with E-state index in [4.69, 9.17) is 10.5 Å². The van der Waals surface area contributed by atoms with E-state index in [-0.39, 0.29) is 0 Å². The number of hydrogen-bond donors (Lipinski definition) is 0. The molecule has 0 heterocycles. The molecule has 0 radical (unpaired) electrons. The lowest BCUT2D eigenvalue weighted by molar-refractivity contribution is 0.866. The SMILES string of the molecule is CC#N.CC(C)c1ccc(C#N)cc1. The minimum absolute atomic E-state index is 0.544. The first kappa shape index (κ1) is 12.2. The molecule has 0 spiro atoms. The Labute approximate surface area is 85.4 Å². The fourth-order valence-electron chi connectivity index (χ4n) is 0.943. The molecular weight excluding hydrogens is 172 g/mol. The van der Waals surface area contributed by atoms with Crippen molar-refractivity contribution < 1.29 is 0 Å². The highest BCUT2D eigenvalue weighted by Crippen LogP contribution is 2.13. The van der Waals surface area contributed by atoms with Crippen molar-refractivity contribution in [2.45, 2.75) is 26.7 Å². The smallest absolute Gasteiger partial charge is 0.0991 e. The van der Waals surface area contributed by atoms with E-state index >= 15 is 0 Å². The average molecular weight is 186 g/mol. The molecule has 1 aromatic carbocycles. The van der Waals surface area contributed by atoms with Crippen molar-refractivity contribution in [1.29, 1.82) is 10.5 Å². The summed E-state index contributed by atoms with van der Waals surface area (Å²) < 4.78 is 0. The van der Waals surface area contributed by atoms with Gasteiger partial charge in [0.25, 0.3) is 0 Å². The Balaban J connectivity index is 0.000000500. The predicted octanol–water partition coefficient (Wildman–Crippen LogP) is 3.21. The normalized spacial score (nSPS) is 8.14. The van der Waals surface area contributed by atoms with Crippen LogP contribution in [-0.2, 0) is 0 Å². The number of nitriles is 2. The Bertz CT molecular complexity index is 336. The molecule has 0 aromatic heterocycles. The zero-order chi connectivity index (χ0) is 11.0. The summed E-state index contributed by atoms with van der Waals surface area (Å²) in [6, 6.07) is 11.6. The molecule has 0 bridgehead atoms. The molecule has 72 valence electrons. The quantitative estimate of drug-likeness (QED) is 0.676. The largest absolute Gasteiger partial charge is 0.199 e. The number of nitrogens with zero attached hydrogens (tertiary/aromatic N) is 2. The van der Waals surface area contributed by atoms with Crippen LogP contribution in [0.1, 0.15) is 37.8 Å². The maximum Gasteiger partial charge on any atom is 0.0991 e. The minimum Gasteiger partial charge on any atom is -0.199 e. The molecule has 2 nitrogen and oxygen atoms in total. The van der Waals surface area contributed by atoms with Gasteiger partial charge in [0.05, 0.1) is 17.7 Å². The first-order valence-corrected chi connectivity index (χ1v) is 4.46. The molecule has 0 amide bonds. The zero-order valence-electron chi connectivity index (χ0n) is 8.78. The second-order valence-corrected chi connectivity index (χ2v) is 3.11. The van der Waals surface area contributed by atoms with E-state index in [9.17, 15) is 0 Å². The highest BCUT2D eigenvalue weighted by atomic mass is 14.2. The van der Waals surface area contributed by atoms with Gasteiger partial charge in [-0.1, -0.05) is 26.0 Å². The molecule has 0 aliphatic carbocycles. The van der Waals surface area contributed by atoms with Gasteiger partial charge in [-0.05, 0) is 23.6 Å². The molecule has 2 heteroatoms. The maximum absolute atomic E-state index is 8.52. The van der Waals surface area contributed by atoms with Crippen molar-refractivity contribution in [3.05, 3.63) is 35.4 Å². The van der Waals surface area contributed by atoms with Crippen molar-refractivity contribution in [1.82, 2.24) is 0 Å². The van der Waals surface area contributed by atoms with Gasteiger partial charge in [-0.2, -0.15) is 10.5 Å². The summed E-state index contributed by atoms with van der Waals surface area (Å²) in [6.07, 6.45) is 0. The lowest BCUT2D eigenvalue weighted by atomic mass is 10.0. The van der Waals surface area contributed by atoms with E-state index in [0.29, 0.717) is 5.92 Å². The lowest BCUT2D eigenvalue weighted by Crippen LogP contribution is -1.85. The van der Waals surface area contributed by atoms with E-state index in [0.717, 1.165) is 5.56 Å². The highest BCUT2D eigenvalue weighted by molar-refractivity contribution is 5.32. The third-order valence-electron chi connectivity index (χ3n) is 1.71. The van der Waals surface area contributed by atoms with Crippen LogP contribution in [-0.4, -0.2) is 0 Å². The average Bonchev–Trinajstić information content (AvgIpc) is 2.19. The van der Waals surface area contributed by atoms with E-state index in [1.165, 1.54) is 12.5 Å². The van der Waals surface area contributed by atoms with Gasteiger partial charge in [-0.25, -0.2) is 0 Å². The molecule has 1 aromatic rings. The van der Waals surface area contributed by atoms with E-state index < -0.39 is 0 Å². The fourth-order valence-corrected chi connectivity index (χ4v) is 0.943. The Morgan fingerprint density at radius 3 is 1.79 bits per heavy atom. The summed E-state index contributed by atoms with van der Waals surface area (Å²) in [5.74, 6) is 0.544. The van der Waals surface area contributed by atoms with Gasteiger partial charge in [0.15, 0.2) is 0 Å². The van der Waals surface area contributed by atoms with Crippen LogP contribution in [0, 0.1) is 22.7 Å². The van der Waals surface area contributed by atoms with Gasteiger partial charge < -0.3 is 0 Å². The van der Waals surface area contributed by atoms with Crippen molar-refractivity contribution in [3.8, 4) is 12.1 Å². The van der Waals surface area contributed by atoms with E-state index in [1.54, 1.807) is 6.07 Å². The summed E-state index contributed by atoms with van der Waals surface area (Å²) in [6.45, 7) is 5.71. The third kappa shape index (κ3) is 4.28. The molecular formula is C12H14N2. The molecule has 0 aliphatic heterocycles. The van der Waals surface area contributed by atoms with Crippen molar-refractivity contribution in [2.75, 3.05) is 0 Å². The standard InChI is InChI=1S/C10H11N.C2H3N/c1-8(2)10-5-3-9(7-11)4-6-10;1-2-3/h3-6,8H,1-2H3;1H3. The molecule has 0 N–H and O–H groups in total. The molecule has 0 saturated carbocycles. The Morgan fingerprint density at radius 1 is 1.07 bits per heavy atom. The van der Waals surface area contributed by atoms with Gasteiger partial charge in [-0.15, -0.1) is 0 Å². The van der Waals surface area contributed by atoms with Gasteiger partial charge in [0.2, 0.25) is 0 Å². The molecule has 14 heavy (non-hydrogen) atoms. The lowest BCUT2D eigenvalue weighted by Gasteiger charge is -2.02. The van der Waals surface area contributed by atoms with Crippen molar-refractivity contribution >= 4 is 0 Å². The van der Waals surface area contributed by atoms with Crippen LogP contribution in [0.25, 0.3) is 0 Å². The first-order valence-electron chi connectivity index (χ1n) is 4.46. The minimum atomic E-state index is 0.544. The second-order valence-electron chi connectivity index (χ2n) is 3.11. The monoisotopic (exact) mass is 186 g/mol. The number of hydrogen-bond acceptors (Lipinski definition) is 2. The van der Waals surface area contributed by atoms with Gasteiger partial charge >= 0.3 is 0 Å². The summed E-state index contributed by atoms with van der Waals surface area (Å²) >= 11 is 0. The van der Waals surface area contributed by atoms with Crippen LogP contribution in [0.5, 0.6) is 0 Å². The number of rotatable bonds is 1. The summed E-state index contributed by atoms with van der Waals surface area (Å²) in [4.78, 5) is 0. The molecule has 0 aliphatic rings. The van der Waals surface area contributed by atoms with E-state index in [1.807, 2.05) is 24.3 Å². The molecule has 0 fully saturated rings. The third-order valence-corrected chi connectivity index (χ3v) is 1.71. The van der Waals surface area contributed by atoms with Crippen molar-refractivity contribution in [3.63, 3.8) is 0 Å². The summed E-state index contributed by atoms with van der Waals surface area (Å²) in [5.41, 5.74) is 2.01. The van der Waals surface area contributed by atoms with E-state index in [2.05, 4.69) is 19.9 Å². The van der Waals surface area contributed by atoms with Crippen LogP contribution >= 0.6 is 0 Å². The second kappa shape index (κ2) is 6.69. The Kier molecular flexibility index (Phi) is 5.83. The Hall–Kier alpha value is -1.80. The molecule has 0 saturated heterocycles. The van der Waals surface area contributed by atoms with Crippen molar-refractivity contribution in [2.24, 2.45) is 0 Å². The Morgan fingerprint density at radius 2 is 1.50 bits per heavy atom.